The smallest absolute Gasteiger partial charge is 0.255 e. The minimum absolute atomic E-state index is 0.0314. The van der Waals surface area contributed by atoms with Crippen LogP contribution in [-0.2, 0) is 19.8 Å². The number of amides is 1. The number of fused-ring (bicyclic) bond motifs is 3. The number of carbonyl (C=O) groups excluding carboxylic acids is 3. The minimum Gasteiger partial charge on any atom is -0.508 e. The molecule has 0 aliphatic heterocycles. The zero-order valence-electron chi connectivity index (χ0n) is 20.8. The maximum atomic E-state index is 13.7. The molecule has 0 heterocycles. The van der Waals surface area contributed by atoms with E-state index in [1.165, 1.54) is 0 Å². The molecule has 0 aromatic heterocycles. The third-order valence-corrected chi connectivity index (χ3v) is 8.39. The van der Waals surface area contributed by atoms with Gasteiger partial charge in [0.05, 0.1) is 11.7 Å². The molecule has 1 saturated carbocycles. The van der Waals surface area contributed by atoms with Gasteiger partial charge in [-0.25, -0.2) is 0 Å². The van der Waals surface area contributed by atoms with Gasteiger partial charge in [0.15, 0.2) is 11.4 Å². The predicted molar refractivity (Wildman–Crippen MR) is 130 cm³/mol. The summed E-state index contributed by atoms with van der Waals surface area (Å²) < 4.78 is 0. The van der Waals surface area contributed by atoms with E-state index in [4.69, 9.17) is 5.73 Å². The lowest BCUT2D eigenvalue weighted by Crippen LogP contribution is -2.63. The van der Waals surface area contributed by atoms with E-state index in [0.29, 0.717) is 11.1 Å². The topological polar surface area (TPSA) is 178 Å². The summed E-state index contributed by atoms with van der Waals surface area (Å²) >= 11 is 0. The number of unbranched alkanes of at least 4 members (excludes halogenated alkanes) is 1. The van der Waals surface area contributed by atoms with Crippen LogP contribution in [0.1, 0.15) is 76.0 Å². The lowest BCUT2D eigenvalue weighted by molar-refractivity contribution is -0.160. The fourth-order valence-corrected chi connectivity index (χ4v) is 6.30. The minimum atomic E-state index is -2.83. The summed E-state index contributed by atoms with van der Waals surface area (Å²) in [5.41, 5.74) is 1.78. The number of hydrogen-bond acceptors (Lipinski definition) is 8. The molecule has 0 unspecified atom stereocenters. The van der Waals surface area contributed by atoms with Crippen molar-refractivity contribution in [1.29, 1.82) is 0 Å². The SMILES string of the molecule is CCCCC(C)(C)c1ccc2c(c1O)C(O)=C1C(=O)[C@]3(O)C(O)=C(C(N)=O)C(=O)C[C@@H]3[C@@H](O)[C@@H]1[C@H]2C. The summed E-state index contributed by atoms with van der Waals surface area (Å²) in [5, 5.41) is 56.0. The molecule has 0 spiro atoms. The Morgan fingerprint density at radius 2 is 1.83 bits per heavy atom. The number of ketones is 2. The number of aliphatic hydroxyl groups excluding tert-OH is 3. The highest BCUT2D eigenvalue weighted by Crippen LogP contribution is 2.56. The van der Waals surface area contributed by atoms with Crippen molar-refractivity contribution >= 4 is 23.2 Å². The van der Waals surface area contributed by atoms with Crippen LogP contribution in [0, 0.1) is 11.8 Å². The van der Waals surface area contributed by atoms with Crippen LogP contribution in [0.5, 0.6) is 5.75 Å². The van der Waals surface area contributed by atoms with Crippen LogP contribution in [-0.4, -0.2) is 54.7 Å². The summed E-state index contributed by atoms with van der Waals surface area (Å²) in [5.74, 6) is -8.45. The van der Waals surface area contributed by atoms with Crippen molar-refractivity contribution in [2.24, 2.45) is 17.6 Å². The van der Waals surface area contributed by atoms with Crippen LogP contribution < -0.4 is 5.73 Å². The molecule has 0 bridgehead atoms. The Hall–Kier alpha value is -3.17. The van der Waals surface area contributed by atoms with Crippen LogP contribution in [0.3, 0.4) is 0 Å². The first kappa shape index (κ1) is 25.9. The van der Waals surface area contributed by atoms with E-state index in [9.17, 15) is 39.9 Å². The van der Waals surface area contributed by atoms with Crippen molar-refractivity contribution in [3.63, 3.8) is 0 Å². The fraction of sp³-hybridized carbons (Fsp3) is 0.519. The van der Waals surface area contributed by atoms with Gasteiger partial charge >= 0.3 is 0 Å². The molecule has 0 saturated heterocycles. The molecule has 1 aromatic rings. The zero-order valence-corrected chi connectivity index (χ0v) is 20.8. The van der Waals surface area contributed by atoms with Gasteiger partial charge in [0, 0.05) is 29.4 Å². The second kappa shape index (κ2) is 8.45. The highest BCUT2D eigenvalue weighted by atomic mass is 16.4. The van der Waals surface area contributed by atoms with Crippen LogP contribution in [0.15, 0.2) is 29.0 Å². The van der Waals surface area contributed by atoms with E-state index in [0.717, 1.165) is 19.3 Å². The standard InChI is InChI=1S/C27H33NO8/c1-5-6-9-26(3,4)13-8-7-12-11(2)16-19(22(32)17(12)20(13)30)24(34)27(36)14(21(16)31)10-15(29)18(23(27)33)25(28)35/h7-8,11,14,16,21,30-33,36H,5-6,9-10H2,1-4H3,(H2,28,35)/t11-,14+,16+,21+,27+/m0/s1. The maximum Gasteiger partial charge on any atom is 0.255 e. The molecule has 1 aromatic carbocycles. The highest BCUT2D eigenvalue weighted by molar-refractivity contribution is 6.23. The Morgan fingerprint density at radius 3 is 2.42 bits per heavy atom. The molecule has 36 heavy (non-hydrogen) atoms. The number of aliphatic hydroxyl groups is 4. The Morgan fingerprint density at radius 1 is 1.19 bits per heavy atom. The maximum absolute atomic E-state index is 13.7. The summed E-state index contributed by atoms with van der Waals surface area (Å²) in [6.45, 7) is 7.72. The van der Waals surface area contributed by atoms with E-state index in [2.05, 4.69) is 6.92 Å². The number of phenols is 1. The molecule has 9 nitrogen and oxygen atoms in total. The van der Waals surface area contributed by atoms with Crippen LogP contribution >= 0.6 is 0 Å². The molecule has 9 heteroatoms. The van der Waals surface area contributed by atoms with Crippen LogP contribution in [0.2, 0.25) is 0 Å². The zero-order chi connectivity index (χ0) is 26.9. The normalized spacial score (nSPS) is 30.2. The Balaban J connectivity index is 1.96. The molecule has 3 aliphatic rings. The van der Waals surface area contributed by atoms with Crippen molar-refractivity contribution in [2.45, 2.75) is 76.4 Å². The molecule has 0 radical (unpaired) electrons. The van der Waals surface area contributed by atoms with Crippen molar-refractivity contribution in [2.75, 3.05) is 0 Å². The van der Waals surface area contributed by atoms with Gasteiger partial charge in [0.2, 0.25) is 5.78 Å². The molecule has 1 fully saturated rings. The van der Waals surface area contributed by atoms with Gasteiger partial charge in [-0.1, -0.05) is 52.7 Å². The third-order valence-electron chi connectivity index (χ3n) is 8.39. The summed E-state index contributed by atoms with van der Waals surface area (Å²) in [7, 11) is 0. The number of carbonyl (C=O) groups is 3. The summed E-state index contributed by atoms with van der Waals surface area (Å²) in [4.78, 5) is 38.0. The monoisotopic (exact) mass is 499 g/mol. The Labute approximate surface area is 208 Å². The van der Waals surface area contributed by atoms with E-state index >= 15 is 0 Å². The first-order valence-electron chi connectivity index (χ1n) is 12.2. The number of aromatic hydroxyl groups is 1. The van der Waals surface area contributed by atoms with Crippen molar-refractivity contribution < 1.29 is 39.9 Å². The largest absolute Gasteiger partial charge is 0.508 e. The molecule has 5 atom stereocenters. The molecular formula is C27H33NO8. The van der Waals surface area contributed by atoms with E-state index in [1.807, 2.05) is 13.8 Å². The van der Waals surface area contributed by atoms with Gasteiger partial charge in [0.1, 0.15) is 22.8 Å². The lowest BCUT2D eigenvalue weighted by Gasteiger charge is -2.50. The third kappa shape index (κ3) is 3.33. The second-order valence-corrected chi connectivity index (χ2v) is 10.9. The molecule has 3 aliphatic carbocycles. The van der Waals surface area contributed by atoms with Gasteiger partial charge in [-0.3, -0.25) is 14.4 Å². The Kier molecular flexibility index (Phi) is 6.08. The number of phenolic OH excluding ortho intramolecular Hbond substituents is 1. The first-order chi connectivity index (χ1) is 16.7. The second-order valence-electron chi connectivity index (χ2n) is 10.9. The lowest BCUT2D eigenvalue weighted by atomic mass is 9.55. The number of benzene rings is 1. The number of rotatable bonds is 5. The number of hydrogen-bond donors (Lipinski definition) is 6. The molecular weight excluding hydrogens is 466 g/mol. The molecule has 194 valence electrons. The number of Topliss-reactive ketones (excluding diaryl/α,β-unsaturated/α-hetero) is 2. The van der Waals surface area contributed by atoms with Gasteiger partial charge < -0.3 is 31.3 Å². The van der Waals surface area contributed by atoms with Gasteiger partial charge in [-0.15, -0.1) is 0 Å². The fourth-order valence-electron chi connectivity index (χ4n) is 6.30. The van der Waals surface area contributed by atoms with Crippen LogP contribution in [0.4, 0.5) is 0 Å². The van der Waals surface area contributed by atoms with Gasteiger partial charge in [-0.2, -0.15) is 0 Å². The molecule has 4 rings (SSSR count). The van der Waals surface area contributed by atoms with Gasteiger partial charge in [-0.05, 0) is 23.3 Å². The van der Waals surface area contributed by atoms with Gasteiger partial charge in [0.25, 0.3) is 5.91 Å². The van der Waals surface area contributed by atoms with E-state index < -0.39 is 75.9 Å². The molecule has 1 amide bonds. The van der Waals surface area contributed by atoms with Crippen LogP contribution in [0.25, 0.3) is 5.76 Å². The van der Waals surface area contributed by atoms with Crippen molar-refractivity contribution in [3.05, 3.63) is 45.7 Å². The summed E-state index contributed by atoms with van der Waals surface area (Å²) in [6.07, 6.45) is 0.526. The average Bonchev–Trinajstić information content (AvgIpc) is 2.80. The predicted octanol–water partition coefficient (Wildman–Crippen LogP) is 2.42. The van der Waals surface area contributed by atoms with E-state index in [-0.39, 0.29) is 16.9 Å². The molecule has 7 N–H and O–H groups in total. The van der Waals surface area contributed by atoms with E-state index in [1.54, 1.807) is 19.1 Å². The number of primary amides is 1. The van der Waals surface area contributed by atoms with Crippen molar-refractivity contribution in [3.8, 4) is 5.75 Å². The Bertz CT molecular complexity index is 1240. The average molecular weight is 500 g/mol. The highest BCUT2D eigenvalue weighted by Gasteiger charge is 2.64. The van der Waals surface area contributed by atoms with Crippen molar-refractivity contribution in [1.82, 2.24) is 0 Å². The quantitative estimate of drug-likeness (QED) is 0.334. The summed E-state index contributed by atoms with van der Waals surface area (Å²) in [6, 6.07) is 3.53. The number of nitrogens with two attached hydrogens (primary N) is 1. The first-order valence-corrected chi connectivity index (χ1v) is 12.2.